The van der Waals surface area contributed by atoms with Gasteiger partial charge in [0.1, 0.15) is 17.7 Å². The van der Waals surface area contributed by atoms with Crippen molar-refractivity contribution in [3.05, 3.63) is 133 Å². The van der Waals surface area contributed by atoms with Gasteiger partial charge in [-0.3, -0.25) is 19.5 Å². The lowest BCUT2D eigenvalue weighted by molar-refractivity contribution is -0.193. The lowest BCUT2D eigenvalue weighted by Gasteiger charge is -2.40. The zero-order chi connectivity index (χ0) is 58.7. The van der Waals surface area contributed by atoms with Gasteiger partial charge in [0, 0.05) is 75.5 Å². The number of esters is 2. The number of halogens is 6. The van der Waals surface area contributed by atoms with Gasteiger partial charge in [0.15, 0.2) is 0 Å². The van der Waals surface area contributed by atoms with Gasteiger partial charge in [0.25, 0.3) is 20.0 Å². The number of rotatable bonds is 10. The number of fused-ring (bicyclic) bond motifs is 2. The highest BCUT2D eigenvalue weighted by Gasteiger charge is 2.40. The second kappa shape index (κ2) is 26.0. The Bertz CT molecular complexity index is 3310. The first-order valence-corrected chi connectivity index (χ1v) is 26.5. The van der Waals surface area contributed by atoms with Gasteiger partial charge in [0.05, 0.1) is 35.0 Å². The van der Waals surface area contributed by atoms with E-state index < -0.39 is 68.0 Å². The molecule has 6 aromatic rings. The van der Waals surface area contributed by atoms with Gasteiger partial charge in [-0.25, -0.2) is 44.0 Å². The maximum atomic E-state index is 13.2. The molecule has 2 aromatic heterocycles. The third kappa shape index (κ3) is 16.3. The summed E-state index contributed by atoms with van der Waals surface area (Å²) in [4.78, 5) is 61.0. The van der Waals surface area contributed by atoms with E-state index in [0.717, 1.165) is 28.4 Å². The molecule has 2 aliphatic heterocycles. The maximum Gasteiger partial charge on any atom is 0.490 e. The van der Waals surface area contributed by atoms with E-state index in [1.54, 1.807) is 106 Å². The van der Waals surface area contributed by atoms with E-state index in [1.807, 2.05) is 36.4 Å². The molecule has 4 aromatic carbocycles. The molecule has 0 saturated carbocycles. The van der Waals surface area contributed by atoms with Gasteiger partial charge in [-0.05, 0) is 80.4 Å². The van der Waals surface area contributed by atoms with Crippen molar-refractivity contribution in [3.63, 3.8) is 0 Å². The summed E-state index contributed by atoms with van der Waals surface area (Å²) in [7, 11) is -4.72. The third-order valence-electron chi connectivity index (χ3n) is 11.8. The summed E-state index contributed by atoms with van der Waals surface area (Å²) in [5.74, 6) is -6.29. The summed E-state index contributed by atoms with van der Waals surface area (Å²) < 4.78 is 134. The Morgan fingerprint density at radius 2 is 1.00 bits per heavy atom. The van der Waals surface area contributed by atoms with Crippen LogP contribution in [0.25, 0.3) is 21.8 Å². The Balaban J connectivity index is 0.000000237. The molecule has 3 N–H and O–H groups in total. The topological polar surface area (TPSA) is 253 Å². The van der Waals surface area contributed by atoms with Crippen LogP contribution in [0.3, 0.4) is 0 Å². The fourth-order valence-electron chi connectivity index (χ4n) is 8.12. The van der Waals surface area contributed by atoms with Crippen molar-refractivity contribution < 1.29 is 91.6 Å². The zero-order valence-electron chi connectivity index (χ0n) is 43.0. The second-order valence-electron chi connectivity index (χ2n) is 18.4. The second-order valence-corrected chi connectivity index (χ2v) is 22.0. The molecule has 0 radical (unpaired) electrons. The minimum atomic E-state index is -5.08. The van der Waals surface area contributed by atoms with Gasteiger partial charge in [-0.15, -0.1) is 0 Å². The number of ether oxygens (including phenoxy) is 3. The summed E-state index contributed by atoms with van der Waals surface area (Å²) in [5.41, 5.74) is 2.48. The standard InChI is InChI=1S/C26H31N3O6S.C21H23N3O4S.2C2HF3O2/c1-26(2,3)35-25(31)28-16-15-27(18-23(28)24(30)34-4)17-19-9-8-12-22-21(19)13-14-29(22)36(32,33)20-10-6-5-7-11-20;1-28-21(25)19-15-23(13-11-22-19)14-16-6-5-9-20-18(16)10-12-24(20)29(26,27)17-7-3-2-4-8-17;2*3-2(4,5)1(6)7/h5-14,23H,15-18H2,1-4H3;2-10,12,19,22H,11,13-15H2,1H3;2*(H,6,7). The average Bonchev–Trinajstić information content (AvgIpc) is 4.06. The van der Waals surface area contributed by atoms with Crippen LogP contribution in [0.4, 0.5) is 31.1 Å². The number of hydrogen-bond acceptors (Lipinski definition) is 15. The molecule has 2 saturated heterocycles. The van der Waals surface area contributed by atoms with Crippen molar-refractivity contribution in [3.8, 4) is 0 Å². The molecule has 428 valence electrons. The van der Waals surface area contributed by atoms with Crippen LogP contribution in [-0.4, -0.2) is 163 Å². The van der Waals surface area contributed by atoms with Gasteiger partial charge in [0.2, 0.25) is 0 Å². The molecule has 20 nitrogen and oxygen atoms in total. The summed E-state index contributed by atoms with van der Waals surface area (Å²) >= 11 is 0. The summed E-state index contributed by atoms with van der Waals surface area (Å²) in [6.07, 6.45) is -7.55. The van der Waals surface area contributed by atoms with Gasteiger partial charge in [-0.2, -0.15) is 26.3 Å². The van der Waals surface area contributed by atoms with E-state index in [1.165, 1.54) is 27.1 Å². The first kappa shape index (κ1) is 62.3. The lowest BCUT2D eigenvalue weighted by Crippen LogP contribution is -2.59. The third-order valence-corrected chi connectivity index (χ3v) is 15.2. The maximum absolute atomic E-state index is 13.2. The minimum absolute atomic E-state index is 0.215. The van der Waals surface area contributed by atoms with E-state index in [9.17, 15) is 57.6 Å². The highest BCUT2D eigenvalue weighted by molar-refractivity contribution is 7.90. The number of benzene rings is 4. The van der Waals surface area contributed by atoms with Crippen LogP contribution in [0.5, 0.6) is 0 Å². The van der Waals surface area contributed by atoms with Crippen LogP contribution in [0.15, 0.2) is 131 Å². The number of carboxylic acid groups (broad SMARTS) is 2. The quantitative estimate of drug-likeness (QED) is 0.0745. The average molecular weight is 1160 g/mol. The molecule has 2 aliphatic rings. The number of piperazine rings is 2. The fourth-order valence-corrected chi connectivity index (χ4v) is 10.9. The van der Waals surface area contributed by atoms with Crippen LogP contribution in [0.1, 0.15) is 31.9 Å². The molecule has 2 unspecified atom stereocenters. The van der Waals surface area contributed by atoms with E-state index in [0.29, 0.717) is 50.3 Å². The van der Waals surface area contributed by atoms with Crippen molar-refractivity contribution >= 4 is 71.8 Å². The molecular weight excluding hydrogens is 1100 g/mol. The van der Waals surface area contributed by atoms with Crippen molar-refractivity contribution in [2.45, 2.75) is 73.7 Å². The van der Waals surface area contributed by atoms with Crippen LogP contribution in [-0.2, 0) is 66.5 Å². The first-order chi connectivity index (χ1) is 36.9. The van der Waals surface area contributed by atoms with Crippen molar-refractivity contribution in [2.75, 3.05) is 53.5 Å². The highest BCUT2D eigenvalue weighted by Crippen LogP contribution is 2.29. The molecule has 1 amide bonds. The lowest BCUT2D eigenvalue weighted by atomic mass is 10.1. The highest BCUT2D eigenvalue weighted by atomic mass is 32.2. The molecular formula is C51H56F6N6O14S2. The molecule has 0 aliphatic carbocycles. The van der Waals surface area contributed by atoms with Crippen LogP contribution >= 0.6 is 0 Å². The SMILES string of the molecule is COC(=O)C1CN(Cc2cccc3c2ccn3S(=O)(=O)c2ccccc2)CCN1.COC(=O)C1CN(Cc2cccc3c2ccn3S(=O)(=O)c2ccccc2)CCN1C(=O)OC(C)(C)C.O=C(O)C(F)(F)F.O=C(O)C(F)(F)F. The number of methoxy groups -OCH3 is 2. The predicted molar refractivity (Wildman–Crippen MR) is 272 cm³/mol. The number of amides is 1. The Morgan fingerprint density at radius 1 is 0.582 bits per heavy atom. The molecule has 4 heterocycles. The van der Waals surface area contributed by atoms with E-state index in [-0.39, 0.29) is 28.3 Å². The number of hydrogen-bond donors (Lipinski definition) is 3. The van der Waals surface area contributed by atoms with Crippen LogP contribution in [0, 0.1) is 0 Å². The minimum Gasteiger partial charge on any atom is -0.475 e. The Labute approximate surface area is 449 Å². The largest absolute Gasteiger partial charge is 0.490 e. The van der Waals surface area contributed by atoms with Gasteiger partial charge in [-0.1, -0.05) is 60.7 Å². The van der Waals surface area contributed by atoms with Crippen LogP contribution < -0.4 is 5.32 Å². The summed E-state index contributed by atoms with van der Waals surface area (Å²) in [5, 5.41) is 19.1. The van der Waals surface area contributed by atoms with E-state index >= 15 is 0 Å². The number of aromatic nitrogens is 2. The normalized spacial score (nSPS) is 16.5. The zero-order valence-corrected chi connectivity index (χ0v) is 44.6. The molecule has 2 fully saturated rings. The molecule has 2 atom stereocenters. The van der Waals surface area contributed by atoms with Gasteiger partial charge < -0.3 is 29.7 Å². The molecule has 28 heteroatoms. The Hall–Kier alpha value is -7.53. The van der Waals surface area contributed by atoms with Gasteiger partial charge >= 0.3 is 42.3 Å². The van der Waals surface area contributed by atoms with Crippen molar-refractivity contribution in [1.82, 2.24) is 28.0 Å². The van der Waals surface area contributed by atoms with E-state index in [2.05, 4.69) is 15.1 Å². The molecule has 0 bridgehead atoms. The van der Waals surface area contributed by atoms with E-state index in [4.69, 9.17) is 34.0 Å². The fraction of sp³-hybridized carbons (Fsp3) is 0.353. The Morgan fingerprint density at radius 3 is 1.39 bits per heavy atom. The number of alkyl halides is 6. The first-order valence-electron chi connectivity index (χ1n) is 23.6. The number of nitrogens with one attached hydrogen (secondary N) is 1. The summed E-state index contributed by atoms with van der Waals surface area (Å²) in [6, 6.07) is 30.4. The monoisotopic (exact) mass is 1150 g/mol. The number of carboxylic acids is 2. The van der Waals surface area contributed by atoms with Crippen LogP contribution in [0.2, 0.25) is 0 Å². The smallest absolute Gasteiger partial charge is 0.475 e. The predicted octanol–water partition coefficient (Wildman–Crippen LogP) is 6.56. The summed E-state index contributed by atoms with van der Waals surface area (Å²) in [6.45, 7) is 9.56. The van der Waals surface area contributed by atoms with Crippen molar-refractivity contribution in [2.24, 2.45) is 0 Å². The number of nitrogens with zero attached hydrogens (tertiary/aromatic N) is 5. The Kier molecular flexibility index (Phi) is 20.5. The number of carbonyl (C=O) groups is 5. The molecule has 79 heavy (non-hydrogen) atoms. The molecule has 8 rings (SSSR count). The molecule has 0 spiro atoms. The number of carbonyl (C=O) groups excluding carboxylic acids is 3. The number of aliphatic carboxylic acids is 2. The van der Waals surface area contributed by atoms with Crippen molar-refractivity contribution in [1.29, 1.82) is 0 Å².